The van der Waals surface area contributed by atoms with E-state index in [2.05, 4.69) is 61.9 Å². The van der Waals surface area contributed by atoms with Crippen LogP contribution in [-0.4, -0.2) is 19.8 Å². The van der Waals surface area contributed by atoms with E-state index in [9.17, 15) is 0 Å². The molecule has 1 N–H and O–H groups in total. The van der Waals surface area contributed by atoms with E-state index in [4.69, 9.17) is 9.47 Å². The molecular formula is C17H28BrNO2. The largest absolute Gasteiger partial charge is 0.493 e. The Morgan fingerprint density at radius 2 is 1.67 bits per heavy atom. The Kier molecular flexibility index (Phi) is 6.11. The van der Waals surface area contributed by atoms with Crippen molar-refractivity contribution in [1.29, 1.82) is 0 Å². The normalized spacial score (nSPS) is 12.4. The van der Waals surface area contributed by atoms with Gasteiger partial charge >= 0.3 is 0 Å². The first-order chi connectivity index (χ1) is 9.58. The zero-order chi connectivity index (χ0) is 16.3. The van der Waals surface area contributed by atoms with Crippen LogP contribution < -0.4 is 14.8 Å². The van der Waals surface area contributed by atoms with Crippen LogP contribution in [0.1, 0.15) is 46.6 Å². The lowest BCUT2D eigenvalue weighted by Gasteiger charge is -2.33. The van der Waals surface area contributed by atoms with Crippen molar-refractivity contribution in [2.45, 2.75) is 53.1 Å². The zero-order valence-electron chi connectivity index (χ0n) is 14.3. The molecule has 0 aliphatic heterocycles. The van der Waals surface area contributed by atoms with E-state index in [0.29, 0.717) is 5.41 Å². The van der Waals surface area contributed by atoms with Gasteiger partial charge in [-0.2, -0.15) is 0 Å². The van der Waals surface area contributed by atoms with E-state index in [-0.39, 0.29) is 5.54 Å². The molecule has 0 saturated carbocycles. The van der Waals surface area contributed by atoms with Gasteiger partial charge in [0.1, 0.15) is 0 Å². The van der Waals surface area contributed by atoms with Gasteiger partial charge in [0, 0.05) is 12.1 Å². The Morgan fingerprint density at radius 1 is 1.05 bits per heavy atom. The van der Waals surface area contributed by atoms with E-state index in [1.54, 1.807) is 14.2 Å². The molecule has 0 radical (unpaired) electrons. The third kappa shape index (κ3) is 5.87. The molecule has 1 aromatic rings. The number of hydrogen-bond acceptors (Lipinski definition) is 3. The van der Waals surface area contributed by atoms with Crippen LogP contribution in [0.4, 0.5) is 0 Å². The first-order valence-corrected chi connectivity index (χ1v) is 8.03. The molecular weight excluding hydrogens is 330 g/mol. The molecule has 21 heavy (non-hydrogen) atoms. The highest BCUT2D eigenvalue weighted by Gasteiger charge is 2.25. The highest BCUT2D eigenvalue weighted by Crippen LogP contribution is 2.36. The van der Waals surface area contributed by atoms with Crippen molar-refractivity contribution in [1.82, 2.24) is 5.32 Å². The SMILES string of the molecule is COc1cc(CNC(C)(C)CC(C)(C)C)cc(Br)c1OC. The Labute approximate surface area is 137 Å². The summed E-state index contributed by atoms with van der Waals surface area (Å²) in [5.74, 6) is 1.48. The molecule has 0 unspecified atom stereocenters. The first-order valence-electron chi connectivity index (χ1n) is 7.23. The predicted octanol–water partition coefficient (Wildman–Crippen LogP) is 4.77. The number of methoxy groups -OCH3 is 2. The van der Waals surface area contributed by atoms with E-state index >= 15 is 0 Å². The monoisotopic (exact) mass is 357 g/mol. The number of rotatable bonds is 6. The van der Waals surface area contributed by atoms with Gasteiger partial charge in [0.2, 0.25) is 0 Å². The molecule has 0 aliphatic rings. The zero-order valence-corrected chi connectivity index (χ0v) is 15.8. The third-order valence-electron chi connectivity index (χ3n) is 3.24. The topological polar surface area (TPSA) is 30.5 Å². The second-order valence-corrected chi connectivity index (χ2v) is 8.14. The molecule has 0 atom stereocenters. The molecule has 4 heteroatoms. The smallest absolute Gasteiger partial charge is 0.174 e. The molecule has 0 aromatic heterocycles. The maximum absolute atomic E-state index is 5.39. The Hall–Kier alpha value is -0.740. The lowest BCUT2D eigenvalue weighted by atomic mass is 9.82. The quantitative estimate of drug-likeness (QED) is 0.795. The van der Waals surface area contributed by atoms with Gasteiger partial charge in [-0.05, 0) is 59.3 Å². The van der Waals surface area contributed by atoms with Gasteiger partial charge in [-0.3, -0.25) is 0 Å². The van der Waals surface area contributed by atoms with Gasteiger partial charge in [-0.15, -0.1) is 0 Å². The maximum atomic E-state index is 5.39. The van der Waals surface area contributed by atoms with Crippen molar-refractivity contribution >= 4 is 15.9 Å². The van der Waals surface area contributed by atoms with Crippen molar-refractivity contribution < 1.29 is 9.47 Å². The van der Waals surface area contributed by atoms with Crippen LogP contribution in [0.15, 0.2) is 16.6 Å². The highest BCUT2D eigenvalue weighted by atomic mass is 79.9. The van der Waals surface area contributed by atoms with Gasteiger partial charge < -0.3 is 14.8 Å². The van der Waals surface area contributed by atoms with Crippen LogP contribution in [0.5, 0.6) is 11.5 Å². The Morgan fingerprint density at radius 3 is 2.14 bits per heavy atom. The number of halogens is 1. The molecule has 120 valence electrons. The maximum Gasteiger partial charge on any atom is 0.174 e. The summed E-state index contributed by atoms with van der Waals surface area (Å²) >= 11 is 3.54. The van der Waals surface area contributed by atoms with Crippen LogP contribution >= 0.6 is 15.9 Å². The fourth-order valence-electron chi connectivity index (χ4n) is 2.80. The molecule has 0 heterocycles. The third-order valence-corrected chi connectivity index (χ3v) is 3.83. The van der Waals surface area contributed by atoms with Crippen molar-refractivity contribution in [3.05, 3.63) is 22.2 Å². The average Bonchev–Trinajstić information content (AvgIpc) is 2.32. The molecule has 0 saturated heterocycles. The highest BCUT2D eigenvalue weighted by molar-refractivity contribution is 9.10. The molecule has 0 fully saturated rings. The Balaban J connectivity index is 2.82. The summed E-state index contributed by atoms with van der Waals surface area (Å²) in [7, 11) is 3.30. The number of benzene rings is 1. The van der Waals surface area contributed by atoms with Gasteiger partial charge in [0.25, 0.3) is 0 Å². The number of hydrogen-bond donors (Lipinski definition) is 1. The molecule has 1 rings (SSSR count). The van der Waals surface area contributed by atoms with Crippen LogP contribution in [0.25, 0.3) is 0 Å². The van der Waals surface area contributed by atoms with Crippen LogP contribution in [0, 0.1) is 5.41 Å². The Bertz CT molecular complexity index is 478. The van der Waals surface area contributed by atoms with E-state index in [1.807, 2.05) is 6.07 Å². The predicted molar refractivity (Wildman–Crippen MR) is 92.2 cm³/mol. The van der Waals surface area contributed by atoms with Crippen molar-refractivity contribution in [2.24, 2.45) is 5.41 Å². The van der Waals surface area contributed by atoms with E-state index < -0.39 is 0 Å². The average molecular weight is 358 g/mol. The summed E-state index contributed by atoms with van der Waals surface area (Å²) in [6.45, 7) is 12.1. The molecule has 3 nitrogen and oxygen atoms in total. The minimum atomic E-state index is 0.0812. The van der Waals surface area contributed by atoms with Gasteiger partial charge in [-0.1, -0.05) is 20.8 Å². The fraction of sp³-hybridized carbons (Fsp3) is 0.647. The minimum absolute atomic E-state index is 0.0812. The minimum Gasteiger partial charge on any atom is -0.493 e. The van der Waals surface area contributed by atoms with Crippen molar-refractivity contribution in [3.63, 3.8) is 0 Å². The summed E-state index contributed by atoms with van der Waals surface area (Å²) < 4.78 is 11.6. The molecule has 0 spiro atoms. The molecule has 1 aromatic carbocycles. The van der Waals surface area contributed by atoms with E-state index in [0.717, 1.165) is 28.9 Å². The number of nitrogens with one attached hydrogen (secondary N) is 1. The molecule has 0 amide bonds. The second-order valence-electron chi connectivity index (χ2n) is 7.29. The van der Waals surface area contributed by atoms with Crippen LogP contribution in [0.2, 0.25) is 0 Å². The lowest BCUT2D eigenvalue weighted by molar-refractivity contribution is 0.240. The first kappa shape index (κ1) is 18.3. The summed E-state index contributed by atoms with van der Waals surface area (Å²) in [5.41, 5.74) is 1.55. The fourth-order valence-corrected chi connectivity index (χ4v) is 3.45. The van der Waals surface area contributed by atoms with Crippen LogP contribution in [0.3, 0.4) is 0 Å². The lowest BCUT2D eigenvalue weighted by Crippen LogP contribution is -2.41. The summed E-state index contributed by atoms with van der Waals surface area (Å²) in [6, 6.07) is 4.09. The van der Waals surface area contributed by atoms with Crippen LogP contribution in [-0.2, 0) is 6.54 Å². The van der Waals surface area contributed by atoms with Gasteiger partial charge in [0.15, 0.2) is 11.5 Å². The number of ether oxygens (including phenoxy) is 2. The molecule has 0 bridgehead atoms. The summed E-state index contributed by atoms with van der Waals surface area (Å²) in [5, 5.41) is 3.63. The van der Waals surface area contributed by atoms with Crippen molar-refractivity contribution in [2.75, 3.05) is 14.2 Å². The standard InChI is InChI=1S/C17H28BrNO2/c1-16(2,3)11-17(4,5)19-10-12-8-13(18)15(21-7)14(9-12)20-6/h8-9,19H,10-11H2,1-7H3. The van der Waals surface area contributed by atoms with E-state index in [1.165, 1.54) is 5.56 Å². The van der Waals surface area contributed by atoms with Gasteiger partial charge in [-0.25, -0.2) is 0 Å². The summed E-state index contributed by atoms with van der Waals surface area (Å²) in [4.78, 5) is 0. The second kappa shape index (κ2) is 7.01. The van der Waals surface area contributed by atoms with Crippen molar-refractivity contribution in [3.8, 4) is 11.5 Å². The molecule has 0 aliphatic carbocycles. The van der Waals surface area contributed by atoms with Gasteiger partial charge in [0.05, 0.1) is 18.7 Å². The summed E-state index contributed by atoms with van der Waals surface area (Å²) in [6.07, 6.45) is 1.11.